The molecule has 1 heterocycles. The molecule has 3 rings (SSSR count). The Labute approximate surface area is 125 Å². The summed E-state index contributed by atoms with van der Waals surface area (Å²) in [5, 5.41) is 9.52. The molecule has 0 unspecified atom stereocenters. The highest BCUT2D eigenvalue weighted by Gasteiger charge is 2.33. The number of benzene rings is 1. The van der Waals surface area contributed by atoms with E-state index in [2.05, 4.69) is 4.90 Å². The number of hydrogen-bond donors (Lipinski definition) is 1. The fourth-order valence-electron chi connectivity index (χ4n) is 3.41. The van der Waals surface area contributed by atoms with E-state index in [1.165, 1.54) is 32.4 Å². The minimum atomic E-state index is 0.0535. The van der Waals surface area contributed by atoms with E-state index in [-0.39, 0.29) is 17.5 Å². The third-order valence-electron chi connectivity index (χ3n) is 4.87. The maximum absolute atomic E-state index is 12.8. The van der Waals surface area contributed by atoms with Gasteiger partial charge in [-0.2, -0.15) is 0 Å². The Morgan fingerprint density at radius 1 is 1.29 bits per heavy atom. The highest BCUT2D eigenvalue weighted by molar-refractivity contribution is 6.00. The van der Waals surface area contributed by atoms with Gasteiger partial charge >= 0.3 is 0 Å². The molecule has 1 aliphatic carbocycles. The summed E-state index contributed by atoms with van der Waals surface area (Å²) in [5.74, 6) is 0.803. The van der Waals surface area contributed by atoms with E-state index < -0.39 is 0 Å². The van der Waals surface area contributed by atoms with E-state index in [9.17, 15) is 9.90 Å². The van der Waals surface area contributed by atoms with Crippen LogP contribution in [0.1, 0.15) is 42.5 Å². The third kappa shape index (κ3) is 2.91. The molecule has 1 aliphatic heterocycles. The van der Waals surface area contributed by atoms with Gasteiger partial charge < -0.3 is 9.84 Å². The quantitative estimate of drug-likeness (QED) is 0.866. The van der Waals surface area contributed by atoms with Crippen LogP contribution >= 0.6 is 0 Å². The molecule has 0 amide bonds. The smallest absolute Gasteiger partial charge is 0.170 e. The second-order valence-corrected chi connectivity index (χ2v) is 6.17. The van der Waals surface area contributed by atoms with Crippen LogP contribution in [0.2, 0.25) is 0 Å². The molecule has 2 aliphatic rings. The summed E-state index contributed by atoms with van der Waals surface area (Å²) in [4.78, 5) is 15.3. The number of nitrogens with zero attached hydrogens (tertiary/aromatic N) is 1. The molecule has 4 nitrogen and oxygen atoms in total. The summed E-state index contributed by atoms with van der Waals surface area (Å²) in [7, 11) is 1.53. The lowest BCUT2D eigenvalue weighted by molar-refractivity contribution is 0.0610. The standard InChI is InChI=1S/C17H23NO3/c1-21-16-10-14(19)7-8-15(16)17(20)12-4-3-9-18(11-12)13-5-2-6-13/h7-8,10,12-13,19H,2-6,9,11H2,1H3/t12-/m1/s1. The molecular formula is C17H23NO3. The number of ether oxygens (including phenoxy) is 1. The number of phenols is 1. The first-order valence-electron chi connectivity index (χ1n) is 7.84. The number of aromatic hydroxyl groups is 1. The normalized spacial score (nSPS) is 23.6. The fourth-order valence-corrected chi connectivity index (χ4v) is 3.41. The molecule has 21 heavy (non-hydrogen) atoms. The number of phenolic OH excluding ortho intramolecular Hbond substituents is 1. The number of Topliss-reactive ketones (excluding diaryl/α,β-unsaturated/α-hetero) is 1. The van der Waals surface area contributed by atoms with Gasteiger partial charge in [-0.25, -0.2) is 0 Å². The molecule has 1 aromatic carbocycles. The molecule has 0 bridgehead atoms. The third-order valence-corrected chi connectivity index (χ3v) is 4.87. The van der Waals surface area contributed by atoms with Crippen LogP contribution in [-0.4, -0.2) is 42.0 Å². The molecule has 1 N–H and O–H groups in total. The number of rotatable bonds is 4. The van der Waals surface area contributed by atoms with Crippen molar-refractivity contribution >= 4 is 5.78 Å². The van der Waals surface area contributed by atoms with Gasteiger partial charge in [-0.05, 0) is 44.4 Å². The van der Waals surface area contributed by atoms with Crippen LogP contribution < -0.4 is 4.74 Å². The van der Waals surface area contributed by atoms with Gasteiger partial charge in [0.05, 0.1) is 12.7 Å². The first-order valence-corrected chi connectivity index (χ1v) is 7.84. The minimum Gasteiger partial charge on any atom is -0.508 e. The average Bonchev–Trinajstić information content (AvgIpc) is 2.45. The van der Waals surface area contributed by atoms with Gasteiger partial charge in [0.25, 0.3) is 0 Å². The van der Waals surface area contributed by atoms with E-state index in [1.54, 1.807) is 12.1 Å². The average molecular weight is 289 g/mol. The SMILES string of the molecule is COc1cc(O)ccc1C(=O)[C@@H]1CCCN(C2CCC2)C1. The van der Waals surface area contributed by atoms with Gasteiger partial charge in [-0.1, -0.05) is 6.42 Å². The molecule has 1 aromatic rings. The van der Waals surface area contributed by atoms with E-state index in [1.807, 2.05) is 0 Å². The van der Waals surface area contributed by atoms with Gasteiger partial charge in [-0.15, -0.1) is 0 Å². The van der Waals surface area contributed by atoms with E-state index in [0.29, 0.717) is 17.4 Å². The van der Waals surface area contributed by atoms with Gasteiger partial charge in [0.1, 0.15) is 11.5 Å². The van der Waals surface area contributed by atoms with Gasteiger partial charge in [-0.3, -0.25) is 9.69 Å². The lowest BCUT2D eigenvalue weighted by Gasteiger charge is -2.42. The first kappa shape index (κ1) is 14.4. The predicted octanol–water partition coefficient (Wildman–Crippen LogP) is 2.85. The molecule has 114 valence electrons. The molecule has 1 saturated carbocycles. The second kappa shape index (κ2) is 6.06. The van der Waals surface area contributed by atoms with Crippen molar-refractivity contribution in [3.63, 3.8) is 0 Å². The first-order chi connectivity index (χ1) is 10.2. The van der Waals surface area contributed by atoms with Crippen molar-refractivity contribution in [1.29, 1.82) is 0 Å². The van der Waals surface area contributed by atoms with Crippen LogP contribution in [0.15, 0.2) is 18.2 Å². The Morgan fingerprint density at radius 2 is 2.10 bits per heavy atom. The van der Waals surface area contributed by atoms with Crippen LogP contribution in [-0.2, 0) is 0 Å². The number of ketones is 1. The molecule has 1 atom stereocenters. The molecule has 0 spiro atoms. The summed E-state index contributed by atoms with van der Waals surface area (Å²) < 4.78 is 5.25. The maximum Gasteiger partial charge on any atom is 0.170 e. The van der Waals surface area contributed by atoms with E-state index >= 15 is 0 Å². The van der Waals surface area contributed by atoms with Crippen LogP contribution in [0.3, 0.4) is 0 Å². The zero-order valence-corrected chi connectivity index (χ0v) is 12.5. The maximum atomic E-state index is 12.8. The topological polar surface area (TPSA) is 49.8 Å². The van der Waals surface area contributed by atoms with Crippen LogP contribution in [0.5, 0.6) is 11.5 Å². The van der Waals surface area contributed by atoms with Crippen molar-refractivity contribution < 1.29 is 14.6 Å². The lowest BCUT2D eigenvalue weighted by Crippen LogP contribution is -2.47. The zero-order chi connectivity index (χ0) is 14.8. The Kier molecular flexibility index (Phi) is 4.15. The summed E-state index contributed by atoms with van der Waals surface area (Å²) in [6.45, 7) is 1.99. The van der Waals surface area contributed by atoms with Crippen molar-refractivity contribution in [2.24, 2.45) is 5.92 Å². The number of likely N-dealkylation sites (tertiary alicyclic amines) is 1. The Balaban J connectivity index is 1.74. The van der Waals surface area contributed by atoms with Gasteiger partial charge in [0, 0.05) is 24.6 Å². The van der Waals surface area contributed by atoms with E-state index in [0.717, 1.165) is 25.9 Å². The monoisotopic (exact) mass is 289 g/mol. The molecular weight excluding hydrogens is 266 g/mol. The Bertz CT molecular complexity index is 525. The van der Waals surface area contributed by atoms with E-state index in [4.69, 9.17) is 4.74 Å². The number of carbonyl (C=O) groups is 1. The van der Waals surface area contributed by atoms with Crippen molar-refractivity contribution in [3.8, 4) is 11.5 Å². The predicted molar refractivity (Wildman–Crippen MR) is 80.9 cm³/mol. The number of carbonyl (C=O) groups excluding carboxylic acids is 1. The highest BCUT2D eigenvalue weighted by Crippen LogP contribution is 2.32. The molecule has 0 aromatic heterocycles. The zero-order valence-electron chi connectivity index (χ0n) is 12.5. The molecule has 0 radical (unpaired) electrons. The summed E-state index contributed by atoms with van der Waals surface area (Å²) in [6, 6.07) is 5.45. The number of piperidine rings is 1. The Hall–Kier alpha value is -1.55. The molecule has 4 heteroatoms. The van der Waals surface area contributed by atoms with Crippen molar-refractivity contribution in [3.05, 3.63) is 23.8 Å². The summed E-state index contributed by atoms with van der Waals surface area (Å²) in [5.41, 5.74) is 0.593. The number of hydrogen-bond acceptors (Lipinski definition) is 4. The number of methoxy groups -OCH3 is 1. The van der Waals surface area contributed by atoms with Crippen LogP contribution in [0, 0.1) is 5.92 Å². The van der Waals surface area contributed by atoms with Crippen LogP contribution in [0.4, 0.5) is 0 Å². The molecule has 2 fully saturated rings. The van der Waals surface area contributed by atoms with Crippen molar-refractivity contribution in [2.45, 2.75) is 38.1 Å². The highest BCUT2D eigenvalue weighted by atomic mass is 16.5. The fraction of sp³-hybridized carbons (Fsp3) is 0.588. The minimum absolute atomic E-state index is 0.0535. The summed E-state index contributed by atoms with van der Waals surface area (Å²) >= 11 is 0. The molecule has 1 saturated heterocycles. The van der Waals surface area contributed by atoms with Gasteiger partial charge in [0.2, 0.25) is 0 Å². The summed E-state index contributed by atoms with van der Waals surface area (Å²) in [6.07, 6.45) is 5.93. The van der Waals surface area contributed by atoms with Crippen LogP contribution in [0.25, 0.3) is 0 Å². The van der Waals surface area contributed by atoms with Crippen molar-refractivity contribution in [2.75, 3.05) is 20.2 Å². The van der Waals surface area contributed by atoms with Crippen molar-refractivity contribution in [1.82, 2.24) is 4.90 Å². The lowest BCUT2D eigenvalue weighted by atomic mass is 9.85. The second-order valence-electron chi connectivity index (χ2n) is 6.17. The Morgan fingerprint density at radius 3 is 2.76 bits per heavy atom. The largest absolute Gasteiger partial charge is 0.508 e. The van der Waals surface area contributed by atoms with Gasteiger partial charge in [0.15, 0.2) is 5.78 Å².